The third-order valence-electron chi connectivity index (χ3n) is 6.34. The van der Waals surface area contributed by atoms with E-state index >= 15 is 0 Å². The van der Waals surface area contributed by atoms with Crippen molar-refractivity contribution >= 4 is 11.0 Å². The first-order valence-corrected chi connectivity index (χ1v) is 8.74. The minimum absolute atomic E-state index is 0.346. The smallest absolute Gasteiger partial charge is 0.134 e. The maximum atomic E-state index is 9.88. The van der Waals surface area contributed by atoms with Crippen molar-refractivity contribution in [3.63, 3.8) is 0 Å². The van der Waals surface area contributed by atoms with Gasteiger partial charge < -0.3 is 9.52 Å². The van der Waals surface area contributed by atoms with E-state index in [2.05, 4.69) is 11.8 Å². The van der Waals surface area contributed by atoms with Gasteiger partial charge in [-0.1, -0.05) is 6.92 Å². The molecule has 1 aromatic heterocycles. The monoisotopic (exact) mass is 297 g/mol. The first-order chi connectivity index (χ1) is 10.7. The zero-order chi connectivity index (χ0) is 14.8. The third-order valence-corrected chi connectivity index (χ3v) is 6.34. The van der Waals surface area contributed by atoms with Crippen LogP contribution in [-0.2, 0) is 6.42 Å². The molecule has 4 unspecified atom stereocenters. The number of furan rings is 1. The maximum absolute atomic E-state index is 9.88. The van der Waals surface area contributed by atoms with Crippen LogP contribution < -0.4 is 0 Å². The highest BCUT2D eigenvalue weighted by molar-refractivity contribution is 5.84. The van der Waals surface area contributed by atoms with E-state index < -0.39 is 0 Å². The van der Waals surface area contributed by atoms with Crippen molar-refractivity contribution in [1.29, 1.82) is 0 Å². The predicted molar refractivity (Wildman–Crippen MR) is 86.2 cm³/mol. The number of phenolic OH excluding ortho intramolecular Hbond substituents is 1. The van der Waals surface area contributed by atoms with Gasteiger partial charge in [-0.05, 0) is 56.2 Å². The molecule has 3 heteroatoms. The van der Waals surface area contributed by atoms with Gasteiger partial charge >= 0.3 is 0 Å². The van der Waals surface area contributed by atoms with E-state index in [1.807, 2.05) is 12.1 Å². The molecule has 2 aromatic rings. The maximum Gasteiger partial charge on any atom is 0.134 e. The molecule has 0 amide bonds. The Morgan fingerprint density at radius 3 is 3.05 bits per heavy atom. The largest absolute Gasteiger partial charge is 0.508 e. The summed E-state index contributed by atoms with van der Waals surface area (Å²) in [5.41, 5.74) is 2.32. The molecule has 1 aliphatic carbocycles. The number of fused-ring (bicyclic) bond motifs is 4. The molecule has 0 radical (unpaired) electrons. The normalized spacial score (nSPS) is 36.3. The van der Waals surface area contributed by atoms with Gasteiger partial charge in [-0.2, -0.15) is 0 Å². The van der Waals surface area contributed by atoms with Crippen molar-refractivity contribution in [3.05, 3.63) is 29.5 Å². The molecule has 4 heterocycles. The van der Waals surface area contributed by atoms with Crippen LogP contribution in [0.25, 0.3) is 11.0 Å². The second-order valence-corrected chi connectivity index (χ2v) is 7.44. The molecule has 116 valence electrons. The molecule has 4 bridgehead atoms. The van der Waals surface area contributed by atoms with Crippen LogP contribution in [0.1, 0.15) is 49.8 Å². The summed E-state index contributed by atoms with van der Waals surface area (Å²) in [5.74, 6) is 2.99. The molecule has 22 heavy (non-hydrogen) atoms. The van der Waals surface area contributed by atoms with Gasteiger partial charge in [0, 0.05) is 35.5 Å². The van der Waals surface area contributed by atoms with Crippen molar-refractivity contribution in [2.45, 2.75) is 57.0 Å². The zero-order valence-corrected chi connectivity index (χ0v) is 13.1. The van der Waals surface area contributed by atoms with Crippen LogP contribution in [-0.4, -0.2) is 28.6 Å². The summed E-state index contributed by atoms with van der Waals surface area (Å²) in [5, 5.41) is 11.0. The molecule has 5 atom stereocenters. The number of hydrogen-bond donors (Lipinski definition) is 1. The molecule has 6 rings (SSSR count). The topological polar surface area (TPSA) is 36.6 Å². The van der Waals surface area contributed by atoms with E-state index in [1.165, 1.54) is 43.6 Å². The highest BCUT2D eigenvalue weighted by atomic mass is 16.3. The highest BCUT2D eigenvalue weighted by Crippen LogP contribution is 2.50. The van der Waals surface area contributed by atoms with E-state index in [9.17, 15) is 5.11 Å². The summed E-state index contributed by atoms with van der Waals surface area (Å²) in [4.78, 5) is 2.78. The average molecular weight is 297 g/mol. The molecule has 2 saturated heterocycles. The molecule has 1 aromatic carbocycles. The lowest BCUT2D eigenvalue weighted by atomic mass is 9.71. The Morgan fingerprint density at radius 2 is 2.23 bits per heavy atom. The highest BCUT2D eigenvalue weighted by Gasteiger charge is 2.47. The van der Waals surface area contributed by atoms with Crippen LogP contribution in [0.5, 0.6) is 5.75 Å². The minimum Gasteiger partial charge on any atom is -0.508 e. The number of benzene rings is 1. The van der Waals surface area contributed by atoms with E-state index in [1.54, 1.807) is 6.07 Å². The quantitative estimate of drug-likeness (QED) is 0.863. The van der Waals surface area contributed by atoms with Gasteiger partial charge in [0.1, 0.15) is 17.1 Å². The molecule has 1 N–H and O–H groups in total. The fourth-order valence-electron chi connectivity index (χ4n) is 5.34. The fraction of sp³-hybridized carbons (Fsp3) is 0.579. The molecule has 3 fully saturated rings. The second-order valence-electron chi connectivity index (χ2n) is 7.44. The second kappa shape index (κ2) is 4.51. The summed E-state index contributed by atoms with van der Waals surface area (Å²) in [6.45, 7) is 3.60. The van der Waals surface area contributed by atoms with Crippen molar-refractivity contribution in [2.75, 3.05) is 6.54 Å². The predicted octanol–water partition coefficient (Wildman–Crippen LogP) is 4.04. The lowest BCUT2D eigenvalue weighted by Crippen LogP contribution is -2.55. The number of aromatic hydroxyl groups is 1. The standard InChI is InChI=1S/C19H23NO2/c1-2-12-8-15-14-9-13(21)4-6-18(14)22-19(15)16-7-11-3-5-17(16)20(12)10-11/h4,6,9,11-12,16-17,21H,2-3,5,7-8,10H2,1H3/t11?,12-,16?,17?/m1/s1. The van der Waals surface area contributed by atoms with E-state index in [0.29, 0.717) is 23.8 Å². The zero-order valence-electron chi connectivity index (χ0n) is 13.1. The summed E-state index contributed by atoms with van der Waals surface area (Å²) in [7, 11) is 0. The van der Waals surface area contributed by atoms with Gasteiger partial charge in [-0.25, -0.2) is 0 Å². The minimum atomic E-state index is 0.346. The Labute approximate surface area is 130 Å². The van der Waals surface area contributed by atoms with Crippen molar-refractivity contribution in [3.8, 4) is 5.75 Å². The van der Waals surface area contributed by atoms with Crippen LogP contribution in [0.4, 0.5) is 0 Å². The SMILES string of the molecule is CC[C@@H]1Cc2c(oc3ccc(O)cc23)C2CC3CCC2N1C3. The van der Waals surface area contributed by atoms with Gasteiger partial charge in [0.05, 0.1) is 0 Å². The molecular formula is C19H23NO2. The Kier molecular flexibility index (Phi) is 2.67. The molecule has 3 nitrogen and oxygen atoms in total. The van der Waals surface area contributed by atoms with Crippen LogP contribution in [0.3, 0.4) is 0 Å². The van der Waals surface area contributed by atoms with E-state index in [-0.39, 0.29) is 0 Å². The van der Waals surface area contributed by atoms with Crippen molar-refractivity contribution in [1.82, 2.24) is 4.90 Å². The molecular weight excluding hydrogens is 274 g/mol. The van der Waals surface area contributed by atoms with Crippen molar-refractivity contribution < 1.29 is 9.52 Å². The average Bonchev–Trinajstić information content (AvgIpc) is 2.86. The Balaban J connectivity index is 1.73. The molecule has 3 aliphatic heterocycles. The van der Waals surface area contributed by atoms with E-state index in [0.717, 1.165) is 23.3 Å². The molecule has 0 spiro atoms. The van der Waals surface area contributed by atoms with Crippen LogP contribution in [0, 0.1) is 5.92 Å². The fourth-order valence-corrected chi connectivity index (χ4v) is 5.34. The molecule has 1 saturated carbocycles. The number of nitrogens with zero attached hydrogens (tertiary/aromatic N) is 1. The molecule has 4 aliphatic rings. The number of phenols is 1. The van der Waals surface area contributed by atoms with E-state index in [4.69, 9.17) is 4.42 Å². The van der Waals surface area contributed by atoms with Crippen LogP contribution >= 0.6 is 0 Å². The van der Waals surface area contributed by atoms with Gasteiger partial charge in [0.15, 0.2) is 0 Å². The van der Waals surface area contributed by atoms with Crippen LogP contribution in [0.15, 0.2) is 22.6 Å². The Hall–Kier alpha value is -1.48. The van der Waals surface area contributed by atoms with Gasteiger partial charge in [-0.3, -0.25) is 4.90 Å². The van der Waals surface area contributed by atoms with Gasteiger partial charge in [-0.15, -0.1) is 0 Å². The summed E-state index contributed by atoms with van der Waals surface area (Å²) in [6, 6.07) is 6.86. The number of piperidine rings is 2. The van der Waals surface area contributed by atoms with Gasteiger partial charge in [0.25, 0.3) is 0 Å². The first kappa shape index (κ1) is 13.0. The Morgan fingerprint density at radius 1 is 1.32 bits per heavy atom. The first-order valence-electron chi connectivity index (χ1n) is 8.74. The number of hydrogen-bond acceptors (Lipinski definition) is 3. The third kappa shape index (κ3) is 1.66. The van der Waals surface area contributed by atoms with Crippen molar-refractivity contribution in [2.24, 2.45) is 5.92 Å². The summed E-state index contributed by atoms with van der Waals surface area (Å²) in [6.07, 6.45) is 6.28. The van der Waals surface area contributed by atoms with Crippen LogP contribution in [0.2, 0.25) is 0 Å². The lowest BCUT2D eigenvalue weighted by Gasteiger charge is -2.51. The summed E-state index contributed by atoms with van der Waals surface area (Å²) >= 11 is 0. The van der Waals surface area contributed by atoms with Gasteiger partial charge in [0.2, 0.25) is 0 Å². The summed E-state index contributed by atoms with van der Waals surface area (Å²) < 4.78 is 6.32. The number of rotatable bonds is 1. The Bertz CT molecular complexity index is 734. The lowest BCUT2D eigenvalue weighted by molar-refractivity contribution is -0.00184.